The molecule has 3 aromatic rings. The van der Waals surface area contributed by atoms with Crippen molar-refractivity contribution in [1.29, 1.82) is 0 Å². The van der Waals surface area contributed by atoms with Crippen LogP contribution in [0.25, 0.3) is 11.5 Å². The minimum Gasteiger partial charge on any atom is -0.497 e. The Hall–Kier alpha value is -3.47. The number of fused-ring (bicyclic) bond motifs is 1. The fourth-order valence-corrected chi connectivity index (χ4v) is 3.99. The summed E-state index contributed by atoms with van der Waals surface area (Å²) in [6.45, 7) is 2.33. The summed E-state index contributed by atoms with van der Waals surface area (Å²) >= 11 is 0. The predicted molar refractivity (Wildman–Crippen MR) is 115 cm³/mol. The van der Waals surface area contributed by atoms with E-state index in [1.54, 1.807) is 31.4 Å². The number of aromatic nitrogens is 4. The molecule has 0 saturated heterocycles. The Morgan fingerprint density at radius 1 is 1.27 bits per heavy atom. The van der Waals surface area contributed by atoms with E-state index in [0.29, 0.717) is 35.9 Å². The Balaban J connectivity index is 1.67. The second kappa shape index (κ2) is 8.81. The first kappa shape index (κ1) is 22.7. The Kier molecular flexibility index (Phi) is 6.07. The number of halogens is 3. The molecule has 8 nitrogen and oxygen atoms in total. The molecule has 0 fully saturated rings. The normalized spacial score (nSPS) is 14.5. The average Bonchev–Trinajstić information content (AvgIpc) is 3.38. The van der Waals surface area contributed by atoms with Gasteiger partial charge in [-0.3, -0.25) is 9.69 Å². The number of amides is 1. The third-order valence-corrected chi connectivity index (χ3v) is 5.53. The molecule has 174 valence electrons. The summed E-state index contributed by atoms with van der Waals surface area (Å²) < 4.78 is 45.3. The molecule has 0 spiro atoms. The van der Waals surface area contributed by atoms with Gasteiger partial charge in [0.1, 0.15) is 23.6 Å². The van der Waals surface area contributed by atoms with Crippen molar-refractivity contribution in [3.05, 3.63) is 53.3 Å². The van der Waals surface area contributed by atoms with E-state index in [0.717, 1.165) is 11.1 Å². The summed E-state index contributed by atoms with van der Waals surface area (Å²) in [6, 6.07) is 7.69. The van der Waals surface area contributed by atoms with Gasteiger partial charge in [-0.05, 0) is 49.4 Å². The zero-order valence-electron chi connectivity index (χ0n) is 18.3. The number of pyridine rings is 1. The molecule has 1 aliphatic heterocycles. The van der Waals surface area contributed by atoms with Crippen molar-refractivity contribution in [3.63, 3.8) is 0 Å². The lowest BCUT2D eigenvalue weighted by Crippen LogP contribution is -2.24. The first-order chi connectivity index (χ1) is 15.7. The Labute approximate surface area is 188 Å². The molecule has 1 atom stereocenters. The minimum atomic E-state index is -4.32. The Morgan fingerprint density at radius 2 is 2.06 bits per heavy atom. The Bertz CT molecular complexity index is 1180. The predicted octanol–water partition coefficient (Wildman–Crippen LogP) is 3.74. The molecular formula is C22H23F3N6O2. The number of anilines is 1. The van der Waals surface area contributed by atoms with Crippen LogP contribution in [-0.4, -0.2) is 46.0 Å². The number of ether oxygens (including phenoxy) is 1. The minimum absolute atomic E-state index is 0.204. The van der Waals surface area contributed by atoms with Gasteiger partial charge in [0.15, 0.2) is 5.82 Å². The summed E-state index contributed by atoms with van der Waals surface area (Å²) in [6.07, 6.45) is -4.09. The number of nitrogens with one attached hydrogen (secondary N) is 1. The molecule has 11 heteroatoms. The summed E-state index contributed by atoms with van der Waals surface area (Å²) in [5, 5.41) is 10.9. The summed E-state index contributed by atoms with van der Waals surface area (Å²) in [5.74, 6) is 0.942. The maximum Gasteiger partial charge on any atom is 0.391 e. The monoisotopic (exact) mass is 460 g/mol. The van der Waals surface area contributed by atoms with Gasteiger partial charge >= 0.3 is 6.18 Å². The molecule has 2 aromatic heterocycles. The van der Waals surface area contributed by atoms with E-state index in [2.05, 4.69) is 20.5 Å². The lowest BCUT2D eigenvalue weighted by molar-refractivity contribution is -0.141. The van der Waals surface area contributed by atoms with Crippen molar-refractivity contribution in [3.8, 4) is 17.3 Å². The first-order valence-electron chi connectivity index (χ1n) is 10.3. The number of benzene rings is 1. The van der Waals surface area contributed by atoms with Crippen molar-refractivity contribution >= 4 is 11.7 Å². The summed E-state index contributed by atoms with van der Waals surface area (Å²) in [5.41, 5.74) is 2.69. The second-order valence-corrected chi connectivity index (χ2v) is 7.85. The van der Waals surface area contributed by atoms with Gasteiger partial charge in [0.25, 0.3) is 5.91 Å². The van der Waals surface area contributed by atoms with Crippen molar-refractivity contribution < 1.29 is 22.7 Å². The fourth-order valence-electron chi connectivity index (χ4n) is 3.99. The third-order valence-electron chi connectivity index (χ3n) is 5.53. The smallest absolute Gasteiger partial charge is 0.391 e. The van der Waals surface area contributed by atoms with Crippen LogP contribution in [0.4, 0.5) is 19.0 Å². The molecule has 33 heavy (non-hydrogen) atoms. The van der Waals surface area contributed by atoms with E-state index < -0.39 is 18.6 Å². The molecule has 3 heterocycles. The zero-order valence-corrected chi connectivity index (χ0v) is 18.3. The quantitative estimate of drug-likeness (QED) is 0.578. The van der Waals surface area contributed by atoms with Gasteiger partial charge in [-0.25, -0.2) is 4.98 Å². The fraction of sp³-hybridized carbons (Fsp3) is 0.364. The molecule has 0 radical (unpaired) electrons. The summed E-state index contributed by atoms with van der Waals surface area (Å²) in [7, 11) is 3.37. The molecule has 0 bridgehead atoms. The van der Waals surface area contributed by atoms with Crippen LogP contribution in [0.5, 0.6) is 5.75 Å². The van der Waals surface area contributed by atoms with E-state index >= 15 is 0 Å². The standard InChI is InChI=1S/C22H23F3N6O2/c1-13(9-22(23,24)25)31-12-27-29-20(31)18-5-4-6-19(28-18)30-11-17-14(10-26-2)7-15(33-3)8-16(17)21(30)32/h4-8,12-13,26H,9-11H2,1-3H3. The van der Waals surface area contributed by atoms with Crippen LogP contribution >= 0.6 is 0 Å². The van der Waals surface area contributed by atoms with E-state index in [1.807, 2.05) is 13.1 Å². The van der Waals surface area contributed by atoms with Gasteiger partial charge in [0.2, 0.25) is 0 Å². The van der Waals surface area contributed by atoms with Crippen molar-refractivity contribution in [2.75, 3.05) is 19.1 Å². The lowest BCUT2D eigenvalue weighted by atomic mass is 10.0. The van der Waals surface area contributed by atoms with E-state index in [-0.39, 0.29) is 11.7 Å². The molecule has 1 amide bonds. The van der Waals surface area contributed by atoms with Gasteiger partial charge in [0.05, 0.1) is 20.1 Å². The number of carbonyl (C=O) groups excluding carboxylic acids is 1. The summed E-state index contributed by atoms with van der Waals surface area (Å²) in [4.78, 5) is 19.3. The number of hydrogen-bond acceptors (Lipinski definition) is 6. The number of rotatable bonds is 7. The lowest BCUT2D eigenvalue weighted by Gasteiger charge is -2.18. The molecule has 4 rings (SSSR count). The van der Waals surface area contributed by atoms with Gasteiger partial charge in [0, 0.05) is 18.2 Å². The van der Waals surface area contributed by atoms with Crippen LogP contribution in [-0.2, 0) is 13.1 Å². The van der Waals surface area contributed by atoms with Gasteiger partial charge in [-0.15, -0.1) is 10.2 Å². The second-order valence-electron chi connectivity index (χ2n) is 7.85. The van der Waals surface area contributed by atoms with E-state index in [9.17, 15) is 18.0 Å². The number of hydrogen-bond donors (Lipinski definition) is 1. The van der Waals surface area contributed by atoms with Crippen LogP contribution in [0.1, 0.15) is 40.9 Å². The van der Waals surface area contributed by atoms with Crippen LogP contribution < -0.4 is 15.0 Å². The average molecular weight is 460 g/mol. The maximum atomic E-state index is 13.2. The molecule has 0 saturated carbocycles. The number of nitrogens with zero attached hydrogens (tertiary/aromatic N) is 5. The van der Waals surface area contributed by atoms with Crippen molar-refractivity contribution in [2.24, 2.45) is 0 Å². The maximum absolute atomic E-state index is 13.2. The SMILES string of the molecule is CNCc1cc(OC)cc2c1CN(c1cccc(-c3nncn3C(C)CC(F)(F)F)n1)C2=O. The zero-order chi connectivity index (χ0) is 23.8. The van der Waals surface area contributed by atoms with Gasteiger partial charge < -0.3 is 14.6 Å². The van der Waals surface area contributed by atoms with Crippen LogP contribution in [0.2, 0.25) is 0 Å². The third kappa shape index (κ3) is 4.54. The van der Waals surface area contributed by atoms with E-state index in [4.69, 9.17) is 4.74 Å². The van der Waals surface area contributed by atoms with Gasteiger partial charge in [-0.1, -0.05) is 6.07 Å². The number of alkyl halides is 3. The largest absolute Gasteiger partial charge is 0.497 e. The molecule has 1 N–H and O–H groups in total. The van der Waals surface area contributed by atoms with Crippen molar-refractivity contribution in [2.45, 2.75) is 38.7 Å². The highest BCUT2D eigenvalue weighted by Gasteiger charge is 2.33. The molecule has 1 aromatic carbocycles. The number of methoxy groups -OCH3 is 1. The first-order valence-corrected chi connectivity index (χ1v) is 10.3. The molecular weight excluding hydrogens is 437 g/mol. The molecule has 0 aliphatic carbocycles. The number of carbonyl (C=O) groups is 1. The molecule has 1 unspecified atom stereocenters. The highest BCUT2D eigenvalue weighted by Crippen LogP contribution is 2.34. The van der Waals surface area contributed by atoms with Gasteiger partial charge in [-0.2, -0.15) is 13.2 Å². The van der Waals surface area contributed by atoms with E-state index in [1.165, 1.54) is 22.7 Å². The van der Waals surface area contributed by atoms with Crippen molar-refractivity contribution in [1.82, 2.24) is 25.1 Å². The van der Waals surface area contributed by atoms with Crippen LogP contribution in [0, 0.1) is 0 Å². The molecule has 1 aliphatic rings. The van der Waals surface area contributed by atoms with Crippen LogP contribution in [0.3, 0.4) is 0 Å². The topological polar surface area (TPSA) is 85.2 Å². The highest BCUT2D eigenvalue weighted by molar-refractivity contribution is 6.10. The van der Waals surface area contributed by atoms with Crippen LogP contribution in [0.15, 0.2) is 36.7 Å². The highest BCUT2D eigenvalue weighted by atomic mass is 19.4. The Morgan fingerprint density at radius 3 is 2.76 bits per heavy atom.